The smallest absolute Gasteiger partial charge is 0.244 e. The number of hydrogen-bond donors (Lipinski definition) is 2. The number of aliphatic hydroxyl groups excluding tert-OH is 1. The van der Waals surface area contributed by atoms with Gasteiger partial charge in [-0.15, -0.1) is 0 Å². The molecule has 2 heterocycles. The van der Waals surface area contributed by atoms with Crippen LogP contribution in [0.25, 0.3) is 0 Å². The van der Waals surface area contributed by atoms with Gasteiger partial charge in [0.2, 0.25) is 10.0 Å². The Labute approximate surface area is 119 Å². The molecule has 0 amide bonds. The summed E-state index contributed by atoms with van der Waals surface area (Å²) in [7, 11) is -1.69. The fourth-order valence-electron chi connectivity index (χ4n) is 2.79. The molecule has 6 nitrogen and oxygen atoms in total. The second-order valence-electron chi connectivity index (χ2n) is 5.40. The summed E-state index contributed by atoms with van der Waals surface area (Å²) >= 11 is 0. The fraction of sp³-hybridized carbons (Fsp3) is 0.692. The molecule has 114 valence electrons. The van der Waals surface area contributed by atoms with Gasteiger partial charge in [-0.1, -0.05) is 0 Å². The first-order valence-electron chi connectivity index (χ1n) is 6.75. The van der Waals surface area contributed by atoms with Crippen molar-refractivity contribution >= 4 is 10.0 Å². The van der Waals surface area contributed by atoms with Gasteiger partial charge in [-0.3, -0.25) is 0 Å². The average molecular weight is 302 g/mol. The number of nitrogens with zero attached hydrogens (tertiary/aromatic N) is 1. The Kier molecular flexibility index (Phi) is 4.53. The first-order valence-corrected chi connectivity index (χ1v) is 8.24. The van der Waals surface area contributed by atoms with Gasteiger partial charge in [0, 0.05) is 18.2 Å². The molecular weight excluding hydrogens is 280 g/mol. The number of hydrogen-bond acceptors (Lipinski definition) is 5. The minimum atomic E-state index is -3.67. The standard InChI is InChI=1S/C13H22N2O4S/c1-9-12(8-16)13(10(2)19-9)20(17,18)14-11-5-4-6-15(3)7-11/h11,14,16H,4-8H2,1-3H3. The number of aliphatic hydroxyl groups is 1. The number of piperidine rings is 1. The van der Waals surface area contributed by atoms with Crippen molar-refractivity contribution in [2.24, 2.45) is 0 Å². The van der Waals surface area contributed by atoms with Gasteiger partial charge < -0.3 is 14.4 Å². The van der Waals surface area contributed by atoms with Crippen LogP contribution in [0.4, 0.5) is 0 Å². The summed E-state index contributed by atoms with van der Waals surface area (Å²) in [6, 6.07) is -0.0973. The van der Waals surface area contributed by atoms with Crippen LogP contribution in [0.2, 0.25) is 0 Å². The van der Waals surface area contributed by atoms with Crippen LogP contribution in [0.5, 0.6) is 0 Å². The van der Waals surface area contributed by atoms with E-state index in [0.29, 0.717) is 23.6 Å². The zero-order valence-electron chi connectivity index (χ0n) is 12.1. The third-order valence-electron chi connectivity index (χ3n) is 3.70. The van der Waals surface area contributed by atoms with E-state index >= 15 is 0 Å². The molecule has 1 unspecified atom stereocenters. The Hall–Kier alpha value is -0.890. The highest BCUT2D eigenvalue weighted by atomic mass is 32.2. The minimum Gasteiger partial charge on any atom is -0.465 e. The molecule has 1 aliphatic heterocycles. The molecule has 0 spiro atoms. The van der Waals surface area contributed by atoms with E-state index in [4.69, 9.17) is 4.42 Å². The average Bonchev–Trinajstić information content (AvgIpc) is 2.63. The number of aryl methyl sites for hydroxylation is 2. The maximum absolute atomic E-state index is 12.5. The molecule has 20 heavy (non-hydrogen) atoms. The van der Waals surface area contributed by atoms with E-state index in [-0.39, 0.29) is 17.5 Å². The third-order valence-corrected chi connectivity index (χ3v) is 5.41. The van der Waals surface area contributed by atoms with Crippen LogP contribution in [-0.4, -0.2) is 44.6 Å². The van der Waals surface area contributed by atoms with Gasteiger partial charge in [-0.25, -0.2) is 13.1 Å². The SMILES string of the molecule is Cc1oc(C)c(S(=O)(=O)NC2CCCN(C)C2)c1CO. The predicted octanol–water partition coefficient (Wildman–Crippen LogP) is 0.761. The molecule has 2 N–H and O–H groups in total. The number of rotatable bonds is 4. The Balaban J connectivity index is 2.26. The molecule has 0 aliphatic carbocycles. The second kappa shape index (κ2) is 5.85. The van der Waals surface area contributed by atoms with Crippen molar-refractivity contribution in [1.82, 2.24) is 9.62 Å². The normalized spacial score (nSPS) is 21.3. The molecule has 1 fully saturated rings. The van der Waals surface area contributed by atoms with Crippen LogP contribution in [-0.2, 0) is 16.6 Å². The molecule has 0 radical (unpaired) electrons. The highest BCUT2D eigenvalue weighted by Crippen LogP contribution is 2.27. The zero-order valence-corrected chi connectivity index (χ0v) is 13.0. The van der Waals surface area contributed by atoms with Crippen molar-refractivity contribution < 1.29 is 17.9 Å². The van der Waals surface area contributed by atoms with Gasteiger partial charge in [0.15, 0.2) is 0 Å². The van der Waals surface area contributed by atoms with Crippen molar-refractivity contribution in [2.75, 3.05) is 20.1 Å². The summed E-state index contributed by atoms with van der Waals surface area (Å²) in [5.41, 5.74) is 0.346. The number of furan rings is 1. The summed E-state index contributed by atoms with van der Waals surface area (Å²) < 4.78 is 33.1. The van der Waals surface area contributed by atoms with Crippen molar-refractivity contribution in [2.45, 2.75) is 44.2 Å². The lowest BCUT2D eigenvalue weighted by Gasteiger charge is -2.30. The first kappa shape index (κ1) is 15.5. The van der Waals surface area contributed by atoms with Crippen LogP contribution in [0, 0.1) is 13.8 Å². The quantitative estimate of drug-likeness (QED) is 0.858. The zero-order chi connectivity index (χ0) is 14.9. The molecule has 1 atom stereocenters. The Morgan fingerprint density at radius 3 is 2.70 bits per heavy atom. The van der Waals surface area contributed by atoms with Gasteiger partial charge >= 0.3 is 0 Å². The van der Waals surface area contributed by atoms with Crippen LogP contribution in [0.3, 0.4) is 0 Å². The highest BCUT2D eigenvalue weighted by molar-refractivity contribution is 7.89. The lowest BCUT2D eigenvalue weighted by molar-refractivity contribution is 0.242. The first-order chi connectivity index (χ1) is 9.35. The van der Waals surface area contributed by atoms with E-state index in [1.165, 1.54) is 0 Å². The summed E-state index contributed by atoms with van der Waals surface area (Å²) in [6.45, 7) is 4.61. The number of sulfonamides is 1. The maximum Gasteiger partial charge on any atom is 0.244 e. The van der Waals surface area contributed by atoms with Crippen LogP contribution in [0.15, 0.2) is 9.31 Å². The summed E-state index contributed by atoms with van der Waals surface area (Å²) in [5, 5.41) is 9.36. The lowest BCUT2D eigenvalue weighted by Crippen LogP contribution is -2.46. The fourth-order valence-corrected chi connectivity index (χ4v) is 4.49. The van der Waals surface area contributed by atoms with Gasteiger partial charge in [0.1, 0.15) is 16.4 Å². The van der Waals surface area contributed by atoms with E-state index in [1.807, 2.05) is 7.05 Å². The van der Waals surface area contributed by atoms with Crippen molar-refractivity contribution in [1.29, 1.82) is 0 Å². The van der Waals surface area contributed by atoms with Crippen molar-refractivity contribution in [3.63, 3.8) is 0 Å². The molecule has 0 saturated carbocycles. The van der Waals surface area contributed by atoms with Crippen LogP contribution in [0.1, 0.15) is 29.9 Å². The number of nitrogens with one attached hydrogen (secondary N) is 1. The predicted molar refractivity (Wildman–Crippen MR) is 74.9 cm³/mol. The molecule has 1 aromatic rings. The second-order valence-corrected chi connectivity index (χ2v) is 7.05. The minimum absolute atomic E-state index is 0.0886. The molecule has 1 saturated heterocycles. The van der Waals surface area contributed by atoms with Crippen LogP contribution < -0.4 is 4.72 Å². The Morgan fingerprint density at radius 2 is 2.10 bits per heavy atom. The lowest BCUT2D eigenvalue weighted by atomic mass is 10.1. The van der Waals surface area contributed by atoms with E-state index in [1.54, 1.807) is 13.8 Å². The van der Waals surface area contributed by atoms with E-state index < -0.39 is 10.0 Å². The molecule has 0 aromatic carbocycles. The largest absolute Gasteiger partial charge is 0.465 e. The van der Waals surface area contributed by atoms with Gasteiger partial charge in [0.25, 0.3) is 0 Å². The van der Waals surface area contributed by atoms with Gasteiger partial charge in [-0.05, 0) is 40.3 Å². The number of likely N-dealkylation sites (N-methyl/N-ethyl adjacent to an activating group) is 1. The number of likely N-dealkylation sites (tertiary alicyclic amines) is 1. The topological polar surface area (TPSA) is 82.8 Å². The van der Waals surface area contributed by atoms with Gasteiger partial charge in [-0.2, -0.15) is 0 Å². The van der Waals surface area contributed by atoms with E-state index in [2.05, 4.69) is 9.62 Å². The van der Waals surface area contributed by atoms with E-state index in [0.717, 1.165) is 19.4 Å². The molecule has 0 bridgehead atoms. The van der Waals surface area contributed by atoms with Crippen LogP contribution >= 0.6 is 0 Å². The third kappa shape index (κ3) is 3.06. The summed E-state index contributed by atoms with van der Waals surface area (Å²) in [6.07, 6.45) is 1.80. The Bertz CT molecular complexity index is 579. The van der Waals surface area contributed by atoms with Crippen molar-refractivity contribution in [3.8, 4) is 0 Å². The van der Waals surface area contributed by atoms with Gasteiger partial charge in [0.05, 0.1) is 6.61 Å². The molecule has 1 aliphatic rings. The maximum atomic E-state index is 12.5. The Morgan fingerprint density at radius 1 is 1.40 bits per heavy atom. The van der Waals surface area contributed by atoms with Crippen molar-refractivity contribution in [3.05, 3.63) is 17.1 Å². The monoisotopic (exact) mass is 302 g/mol. The molecule has 1 aromatic heterocycles. The molecule has 7 heteroatoms. The highest BCUT2D eigenvalue weighted by Gasteiger charge is 2.30. The molecule has 2 rings (SSSR count). The summed E-state index contributed by atoms with van der Waals surface area (Å²) in [5.74, 6) is 0.773. The summed E-state index contributed by atoms with van der Waals surface area (Å²) in [4.78, 5) is 2.20. The van der Waals surface area contributed by atoms with E-state index in [9.17, 15) is 13.5 Å². The molecular formula is C13H22N2O4S.